The molecule has 3 aliphatic rings. The molecule has 0 aromatic heterocycles. The van der Waals surface area contributed by atoms with Crippen molar-refractivity contribution in [1.29, 1.82) is 0 Å². The fourth-order valence-corrected chi connectivity index (χ4v) is 5.40. The first-order chi connectivity index (χ1) is 12.6. The van der Waals surface area contributed by atoms with Crippen LogP contribution in [0.1, 0.15) is 38.2 Å². The van der Waals surface area contributed by atoms with E-state index in [4.69, 9.17) is 14.2 Å². The van der Waals surface area contributed by atoms with Gasteiger partial charge in [-0.2, -0.15) is 0 Å². The van der Waals surface area contributed by atoms with Gasteiger partial charge in [0.1, 0.15) is 5.75 Å². The number of carbonyl (C=O) groups excluding carboxylic acids is 1. The molecule has 3 atom stereocenters. The minimum Gasteiger partial charge on any atom is -0.515 e. The Labute approximate surface area is 153 Å². The second-order valence-electron chi connectivity index (χ2n) is 7.63. The molecule has 26 heavy (non-hydrogen) atoms. The Hall–Kier alpha value is -1.85. The van der Waals surface area contributed by atoms with E-state index in [1.165, 1.54) is 0 Å². The molecular formula is C21H26O5. The number of hydrogen-bond donors (Lipinski definition) is 1. The highest BCUT2D eigenvalue weighted by Gasteiger charge is 2.61. The van der Waals surface area contributed by atoms with Crippen molar-refractivity contribution in [3.8, 4) is 5.75 Å². The van der Waals surface area contributed by atoms with Crippen LogP contribution >= 0.6 is 0 Å². The van der Waals surface area contributed by atoms with Gasteiger partial charge in [0.25, 0.3) is 0 Å². The smallest absolute Gasteiger partial charge is 0.172 e. The highest BCUT2D eigenvalue weighted by Crippen LogP contribution is 2.58. The fraction of sp³-hybridized carbons (Fsp3) is 0.571. The third-order valence-electron chi connectivity index (χ3n) is 6.74. The lowest BCUT2D eigenvalue weighted by atomic mass is 9.51. The second kappa shape index (κ2) is 6.39. The van der Waals surface area contributed by atoms with Crippen LogP contribution in [0, 0.1) is 11.8 Å². The normalized spacial score (nSPS) is 34.8. The third kappa shape index (κ3) is 2.33. The molecule has 1 N–H and O–H groups in total. The van der Waals surface area contributed by atoms with Crippen LogP contribution in [0.5, 0.6) is 5.75 Å². The van der Waals surface area contributed by atoms with Crippen LogP contribution in [0.25, 0.3) is 0 Å². The molecule has 1 saturated heterocycles. The number of benzene rings is 1. The van der Waals surface area contributed by atoms with Gasteiger partial charge in [0, 0.05) is 17.9 Å². The lowest BCUT2D eigenvalue weighted by Gasteiger charge is -2.55. The molecule has 0 radical (unpaired) electrons. The molecule has 0 amide bonds. The van der Waals surface area contributed by atoms with Gasteiger partial charge in [0.15, 0.2) is 11.6 Å². The number of ketones is 1. The first-order valence-electron chi connectivity index (χ1n) is 9.38. The van der Waals surface area contributed by atoms with Crippen molar-refractivity contribution in [1.82, 2.24) is 0 Å². The van der Waals surface area contributed by atoms with Crippen molar-refractivity contribution < 1.29 is 24.1 Å². The monoisotopic (exact) mass is 358 g/mol. The summed E-state index contributed by atoms with van der Waals surface area (Å²) in [5.41, 5.74) is 0.813. The van der Waals surface area contributed by atoms with E-state index in [0.29, 0.717) is 38.0 Å². The van der Waals surface area contributed by atoms with Gasteiger partial charge in [-0.3, -0.25) is 4.79 Å². The lowest BCUT2D eigenvalue weighted by molar-refractivity contribution is -0.234. The zero-order valence-electron chi connectivity index (χ0n) is 15.4. The van der Waals surface area contributed by atoms with Crippen molar-refractivity contribution >= 4 is 5.78 Å². The summed E-state index contributed by atoms with van der Waals surface area (Å²) in [6.07, 6.45) is 3.73. The molecule has 1 aromatic rings. The van der Waals surface area contributed by atoms with Crippen LogP contribution in [0.3, 0.4) is 0 Å². The highest BCUT2D eigenvalue weighted by atomic mass is 16.7. The topological polar surface area (TPSA) is 65.0 Å². The number of aliphatic hydroxyl groups excluding tert-OH is 1. The van der Waals surface area contributed by atoms with Crippen LogP contribution in [-0.4, -0.2) is 37.0 Å². The molecule has 1 aromatic carbocycles. The SMILES string of the molecule is COc1cccc([C@]23CCC4(OCCO4)[C@@H](C)[C@@H]2CC/C(=C/O)C3=O)c1. The summed E-state index contributed by atoms with van der Waals surface area (Å²) in [4.78, 5) is 13.5. The van der Waals surface area contributed by atoms with Gasteiger partial charge in [-0.1, -0.05) is 19.1 Å². The van der Waals surface area contributed by atoms with E-state index in [2.05, 4.69) is 6.92 Å². The summed E-state index contributed by atoms with van der Waals surface area (Å²) in [6, 6.07) is 7.80. The van der Waals surface area contributed by atoms with Gasteiger partial charge in [0.2, 0.25) is 0 Å². The number of aliphatic hydroxyl groups is 1. The van der Waals surface area contributed by atoms with E-state index < -0.39 is 11.2 Å². The molecule has 3 fully saturated rings. The van der Waals surface area contributed by atoms with Crippen LogP contribution < -0.4 is 4.74 Å². The van der Waals surface area contributed by atoms with Gasteiger partial charge in [0.05, 0.1) is 32.0 Å². The molecule has 0 unspecified atom stereocenters. The number of carbonyl (C=O) groups is 1. The third-order valence-corrected chi connectivity index (χ3v) is 6.74. The van der Waals surface area contributed by atoms with Crippen molar-refractivity contribution in [2.75, 3.05) is 20.3 Å². The Morgan fingerprint density at radius 2 is 2.04 bits per heavy atom. The Kier molecular flexibility index (Phi) is 4.32. The van der Waals surface area contributed by atoms with E-state index >= 15 is 0 Å². The summed E-state index contributed by atoms with van der Waals surface area (Å²) in [7, 11) is 1.63. The molecule has 2 aliphatic carbocycles. The fourth-order valence-electron chi connectivity index (χ4n) is 5.40. The van der Waals surface area contributed by atoms with Gasteiger partial charge in [-0.15, -0.1) is 0 Å². The quantitative estimate of drug-likeness (QED) is 0.647. The second-order valence-corrected chi connectivity index (χ2v) is 7.63. The maximum absolute atomic E-state index is 13.5. The molecule has 5 nitrogen and oxygen atoms in total. The number of fused-ring (bicyclic) bond motifs is 1. The molecule has 1 heterocycles. The summed E-state index contributed by atoms with van der Waals surface area (Å²) in [5, 5.41) is 9.63. The largest absolute Gasteiger partial charge is 0.515 e. The number of hydrogen-bond acceptors (Lipinski definition) is 5. The first-order valence-corrected chi connectivity index (χ1v) is 9.38. The zero-order valence-corrected chi connectivity index (χ0v) is 15.4. The molecule has 0 bridgehead atoms. The molecule has 5 heteroatoms. The summed E-state index contributed by atoms with van der Waals surface area (Å²) in [6.45, 7) is 3.36. The molecule has 1 spiro atoms. The van der Waals surface area contributed by atoms with E-state index in [1.54, 1.807) is 7.11 Å². The Morgan fingerprint density at radius 3 is 2.73 bits per heavy atom. The van der Waals surface area contributed by atoms with Crippen LogP contribution in [0.2, 0.25) is 0 Å². The van der Waals surface area contributed by atoms with Gasteiger partial charge in [-0.25, -0.2) is 0 Å². The van der Waals surface area contributed by atoms with Crippen molar-refractivity contribution in [3.05, 3.63) is 41.7 Å². The number of ether oxygens (including phenoxy) is 3. The van der Waals surface area contributed by atoms with E-state index in [1.807, 2.05) is 24.3 Å². The number of Topliss-reactive ketones (excluding diaryl/α,β-unsaturated/α-hetero) is 1. The van der Waals surface area contributed by atoms with Crippen LogP contribution in [-0.2, 0) is 19.7 Å². The standard InChI is InChI=1S/C21H26O5/c1-14-18-7-6-15(13-22)19(23)20(18,8-9-21(14)25-10-11-26-21)16-4-3-5-17(12-16)24-2/h3-5,12-14,18,22H,6-11H2,1-2H3/b15-13-/t14-,18-,20+/m0/s1. The van der Waals surface area contributed by atoms with Gasteiger partial charge in [-0.05, 0) is 42.9 Å². The number of rotatable bonds is 2. The summed E-state index contributed by atoms with van der Waals surface area (Å²) in [5.74, 6) is 0.383. The number of methoxy groups -OCH3 is 1. The van der Waals surface area contributed by atoms with Gasteiger partial charge >= 0.3 is 0 Å². The van der Waals surface area contributed by atoms with Crippen molar-refractivity contribution in [3.63, 3.8) is 0 Å². The minimum absolute atomic E-state index is 0.0317. The first kappa shape index (κ1) is 17.6. The van der Waals surface area contributed by atoms with E-state index in [9.17, 15) is 9.90 Å². The Bertz CT molecular complexity index is 734. The van der Waals surface area contributed by atoms with E-state index in [0.717, 1.165) is 24.0 Å². The lowest BCUT2D eigenvalue weighted by Crippen LogP contribution is -2.59. The van der Waals surface area contributed by atoms with Crippen LogP contribution in [0.15, 0.2) is 36.1 Å². The number of allylic oxidation sites excluding steroid dienone is 1. The molecular weight excluding hydrogens is 332 g/mol. The minimum atomic E-state index is -0.665. The van der Waals surface area contributed by atoms with Crippen LogP contribution in [0.4, 0.5) is 0 Å². The average Bonchev–Trinajstić information content (AvgIpc) is 3.15. The Balaban J connectivity index is 1.84. The molecule has 4 rings (SSSR count). The van der Waals surface area contributed by atoms with Crippen molar-refractivity contribution in [2.24, 2.45) is 11.8 Å². The van der Waals surface area contributed by atoms with Gasteiger partial charge < -0.3 is 19.3 Å². The van der Waals surface area contributed by atoms with E-state index in [-0.39, 0.29) is 17.6 Å². The predicted molar refractivity (Wildman–Crippen MR) is 96.1 cm³/mol. The highest BCUT2D eigenvalue weighted by molar-refractivity contribution is 6.04. The summed E-state index contributed by atoms with van der Waals surface area (Å²) < 4.78 is 17.5. The maximum Gasteiger partial charge on any atom is 0.172 e. The summed E-state index contributed by atoms with van der Waals surface area (Å²) >= 11 is 0. The average molecular weight is 358 g/mol. The zero-order chi connectivity index (χ0) is 18.4. The molecule has 1 aliphatic heterocycles. The molecule has 140 valence electrons. The van der Waals surface area contributed by atoms with Crippen molar-refractivity contribution in [2.45, 2.75) is 43.8 Å². The Morgan fingerprint density at radius 1 is 1.27 bits per heavy atom. The molecule has 2 saturated carbocycles. The maximum atomic E-state index is 13.5. The predicted octanol–water partition coefficient (Wildman–Crippen LogP) is 3.53.